The second-order valence-electron chi connectivity index (χ2n) is 4.64. The van der Waals surface area contributed by atoms with Gasteiger partial charge in [0.05, 0.1) is 11.2 Å². The lowest BCUT2D eigenvalue weighted by atomic mass is 10.2. The number of carbonyl (C=O) groups excluding carboxylic acids is 1. The summed E-state index contributed by atoms with van der Waals surface area (Å²) in [4.78, 5) is 13.7. The fourth-order valence-electron chi connectivity index (χ4n) is 2.02. The molecule has 0 atom stereocenters. The molecule has 0 spiro atoms. The van der Waals surface area contributed by atoms with Crippen LogP contribution in [-0.2, 0) is 4.79 Å². The van der Waals surface area contributed by atoms with Crippen LogP contribution < -0.4 is 10.6 Å². The van der Waals surface area contributed by atoms with Crippen LogP contribution in [0.5, 0.6) is 0 Å². The van der Waals surface area contributed by atoms with Crippen LogP contribution in [0.4, 0.5) is 5.69 Å². The molecule has 1 aliphatic rings. The van der Waals surface area contributed by atoms with Gasteiger partial charge in [0.15, 0.2) is 0 Å². The molecule has 88 valence electrons. The molecule has 4 nitrogen and oxygen atoms in total. The van der Waals surface area contributed by atoms with E-state index in [1.807, 2.05) is 24.3 Å². The van der Waals surface area contributed by atoms with Crippen molar-refractivity contribution in [3.05, 3.63) is 30.5 Å². The Balaban J connectivity index is 2.01. The highest BCUT2D eigenvalue weighted by atomic mass is 16.3. The van der Waals surface area contributed by atoms with Crippen molar-refractivity contribution in [3.8, 4) is 0 Å². The summed E-state index contributed by atoms with van der Waals surface area (Å²) in [6.45, 7) is 0. The molecule has 0 bridgehead atoms. The largest absolute Gasteiger partial charge is 0.462 e. The fourth-order valence-corrected chi connectivity index (χ4v) is 2.02. The van der Waals surface area contributed by atoms with E-state index in [2.05, 4.69) is 0 Å². The molecule has 1 aliphatic carbocycles. The van der Waals surface area contributed by atoms with E-state index in [1.54, 1.807) is 18.2 Å². The van der Waals surface area contributed by atoms with Gasteiger partial charge in [-0.2, -0.15) is 0 Å². The fraction of sp³-hybridized carbons (Fsp3) is 0.308. The van der Waals surface area contributed by atoms with Crippen LogP contribution in [0.2, 0.25) is 0 Å². The third kappa shape index (κ3) is 1.52. The minimum atomic E-state index is -0.646. The van der Waals surface area contributed by atoms with Gasteiger partial charge in [-0.15, -0.1) is 0 Å². The maximum Gasteiger partial charge on any atom is 0.246 e. The Morgan fingerprint density at radius 1 is 1.41 bits per heavy atom. The molecule has 0 saturated heterocycles. The third-order valence-electron chi connectivity index (χ3n) is 3.34. The SMILES string of the molecule is CN(C(=O)C1(N)CC1)c1coc2ccccc12. The van der Waals surface area contributed by atoms with Crippen molar-refractivity contribution in [1.29, 1.82) is 0 Å². The number of anilines is 1. The van der Waals surface area contributed by atoms with Gasteiger partial charge in [0.25, 0.3) is 0 Å². The van der Waals surface area contributed by atoms with E-state index in [4.69, 9.17) is 10.2 Å². The Morgan fingerprint density at radius 2 is 2.12 bits per heavy atom. The predicted octanol–water partition coefficient (Wildman–Crippen LogP) is 1.89. The quantitative estimate of drug-likeness (QED) is 0.857. The second-order valence-corrected chi connectivity index (χ2v) is 4.64. The molecule has 1 fully saturated rings. The molecule has 17 heavy (non-hydrogen) atoms. The van der Waals surface area contributed by atoms with Gasteiger partial charge in [-0.3, -0.25) is 4.79 Å². The maximum absolute atomic E-state index is 12.1. The van der Waals surface area contributed by atoms with E-state index in [0.29, 0.717) is 0 Å². The van der Waals surface area contributed by atoms with Crippen molar-refractivity contribution in [3.63, 3.8) is 0 Å². The van der Waals surface area contributed by atoms with Crippen LogP contribution in [-0.4, -0.2) is 18.5 Å². The van der Waals surface area contributed by atoms with Crippen LogP contribution in [0.25, 0.3) is 11.0 Å². The van der Waals surface area contributed by atoms with Crippen molar-refractivity contribution in [1.82, 2.24) is 0 Å². The van der Waals surface area contributed by atoms with Crippen molar-refractivity contribution < 1.29 is 9.21 Å². The number of rotatable bonds is 2. The summed E-state index contributed by atoms with van der Waals surface area (Å²) >= 11 is 0. The molecule has 0 radical (unpaired) electrons. The standard InChI is InChI=1S/C13H14N2O2/c1-15(12(16)13(14)6-7-13)10-8-17-11-5-3-2-4-9(10)11/h2-5,8H,6-7,14H2,1H3. The summed E-state index contributed by atoms with van der Waals surface area (Å²) in [7, 11) is 1.74. The highest BCUT2D eigenvalue weighted by molar-refractivity contribution is 6.07. The minimum absolute atomic E-state index is 0.0379. The number of furan rings is 1. The lowest BCUT2D eigenvalue weighted by Gasteiger charge is -2.19. The zero-order chi connectivity index (χ0) is 12.0. The van der Waals surface area contributed by atoms with E-state index < -0.39 is 5.54 Å². The maximum atomic E-state index is 12.1. The van der Waals surface area contributed by atoms with Crippen molar-refractivity contribution >= 4 is 22.6 Å². The van der Waals surface area contributed by atoms with Crippen molar-refractivity contribution in [2.24, 2.45) is 5.73 Å². The Hall–Kier alpha value is -1.81. The molecule has 4 heteroatoms. The number of hydrogen-bond donors (Lipinski definition) is 1. The highest BCUT2D eigenvalue weighted by Crippen LogP contribution is 2.37. The third-order valence-corrected chi connectivity index (χ3v) is 3.34. The van der Waals surface area contributed by atoms with E-state index in [0.717, 1.165) is 29.5 Å². The van der Waals surface area contributed by atoms with Gasteiger partial charge in [0.1, 0.15) is 11.8 Å². The Morgan fingerprint density at radius 3 is 2.82 bits per heavy atom. The van der Waals surface area contributed by atoms with Gasteiger partial charge >= 0.3 is 0 Å². The average molecular weight is 230 g/mol. The number of benzene rings is 1. The molecule has 1 aromatic carbocycles. The average Bonchev–Trinajstić information content (AvgIpc) is 2.95. The Labute approximate surface area is 99.0 Å². The van der Waals surface area contributed by atoms with Crippen LogP contribution >= 0.6 is 0 Å². The summed E-state index contributed by atoms with van der Waals surface area (Å²) in [5.74, 6) is -0.0379. The van der Waals surface area contributed by atoms with Gasteiger partial charge in [-0.1, -0.05) is 12.1 Å². The van der Waals surface area contributed by atoms with E-state index in [-0.39, 0.29) is 5.91 Å². The zero-order valence-corrected chi connectivity index (χ0v) is 9.64. The number of fused-ring (bicyclic) bond motifs is 1. The first-order valence-electron chi connectivity index (χ1n) is 5.65. The Kier molecular flexibility index (Phi) is 2.03. The van der Waals surface area contributed by atoms with Gasteiger partial charge in [0.2, 0.25) is 5.91 Å². The van der Waals surface area contributed by atoms with Gasteiger partial charge in [-0.05, 0) is 25.0 Å². The molecule has 0 unspecified atom stereocenters. The first-order valence-corrected chi connectivity index (χ1v) is 5.65. The van der Waals surface area contributed by atoms with Crippen molar-refractivity contribution in [2.75, 3.05) is 11.9 Å². The zero-order valence-electron chi connectivity index (χ0n) is 9.64. The summed E-state index contributed by atoms with van der Waals surface area (Å²) in [5.41, 5.74) is 6.84. The number of nitrogens with two attached hydrogens (primary N) is 1. The van der Waals surface area contributed by atoms with Crippen LogP contribution in [0.3, 0.4) is 0 Å². The monoisotopic (exact) mass is 230 g/mol. The summed E-state index contributed by atoms with van der Waals surface area (Å²) in [5, 5.41) is 0.938. The molecule has 1 aromatic heterocycles. The molecule has 1 amide bonds. The number of hydrogen-bond acceptors (Lipinski definition) is 3. The number of carbonyl (C=O) groups is 1. The first-order chi connectivity index (χ1) is 8.12. The van der Waals surface area contributed by atoms with E-state index >= 15 is 0 Å². The second kappa shape index (κ2) is 3.34. The summed E-state index contributed by atoms with van der Waals surface area (Å²) in [6, 6.07) is 7.65. The lowest BCUT2D eigenvalue weighted by Crippen LogP contribution is -2.43. The number of para-hydroxylation sites is 1. The molecule has 1 saturated carbocycles. The first kappa shape index (κ1) is 10.4. The molecule has 3 rings (SSSR count). The lowest BCUT2D eigenvalue weighted by molar-refractivity contribution is -0.120. The molecular formula is C13H14N2O2. The molecule has 1 heterocycles. The molecule has 0 aliphatic heterocycles. The smallest absolute Gasteiger partial charge is 0.246 e. The van der Waals surface area contributed by atoms with Gasteiger partial charge in [0, 0.05) is 12.4 Å². The van der Waals surface area contributed by atoms with Crippen molar-refractivity contribution in [2.45, 2.75) is 18.4 Å². The van der Waals surface area contributed by atoms with Crippen LogP contribution in [0.1, 0.15) is 12.8 Å². The normalized spacial score (nSPS) is 17.1. The number of likely N-dealkylation sites (N-methyl/N-ethyl adjacent to an activating group) is 1. The Bertz CT molecular complexity index is 584. The number of nitrogens with zero attached hydrogens (tertiary/aromatic N) is 1. The van der Waals surface area contributed by atoms with Gasteiger partial charge < -0.3 is 15.1 Å². The molecule has 2 aromatic rings. The minimum Gasteiger partial charge on any atom is -0.462 e. The van der Waals surface area contributed by atoms with Gasteiger partial charge in [-0.25, -0.2) is 0 Å². The number of amides is 1. The molecule has 2 N–H and O–H groups in total. The summed E-state index contributed by atoms with van der Waals surface area (Å²) in [6.07, 6.45) is 3.15. The van der Waals surface area contributed by atoms with Crippen LogP contribution in [0.15, 0.2) is 34.9 Å². The van der Waals surface area contributed by atoms with Crippen LogP contribution in [0, 0.1) is 0 Å². The highest BCUT2D eigenvalue weighted by Gasteiger charge is 2.48. The predicted molar refractivity (Wildman–Crippen MR) is 65.8 cm³/mol. The van der Waals surface area contributed by atoms with E-state index in [9.17, 15) is 4.79 Å². The van der Waals surface area contributed by atoms with E-state index in [1.165, 1.54) is 0 Å². The summed E-state index contributed by atoms with van der Waals surface area (Å²) < 4.78 is 5.42. The molecular weight excluding hydrogens is 216 g/mol. The topological polar surface area (TPSA) is 59.5 Å².